The maximum Gasteiger partial charge on any atom is 0.253 e. The molecule has 4 aliphatic rings. The number of carbonyl (C=O) groups excluding carboxylic acids is 3. The summed E-state index contributed by atoms with van der Waals surface area (Å²) < 4.78 is 0. The van der Waals surface area contributed by atoms with Crippen LogP contribution < -0.4 is 9.80 Å². The SMILES string of the molecule is CCN1C(=O)[C@]2(c3ccccc31)[C@@H]1C(=O)N(c3ccc4ccccc4c3)C(=O)[C@H]1[C@@H]1CCCN12. The first-order valence-corrected chi connectivity index (χ1v) is 12.1. The Morgan fingerprint density at radius 3 is 2.50 bits per heavy atom. The molecule has 0 saturated carbocycles. The average Bonchev–Trinajstić information content (AvgIpc) is 3.56. The number of imide groups is 1. The van der Waals surface area contributed by atoms with E-state index in [0.29, 0.717) is 12.2 Å². The number of rotatable bonds is 2. The Labute approximate surface area is 197 Å². The van der Waals surface area contributed by atoms with Crippen molar-refractivity contribution in [1.29, 1.82) is 0 Å². The third-order valence-corrected chi connectivity index (χ3v) is 8.45. The third-order valence-electron chi connectivity index (χ3n) is 8.45. The highest BCUT2D eigenvalue weighted by molar-refractivity contribution is 6.26. The molecule has 3 amide bonds. The van der Waals surface area contributed by atoms with Crippen LogP contribution in [-0.4, -0.2) is 41.8 Å². The lowest BCUT2D eigenvalue weighted by atomic mass is 9.75. The summed E-state index contributed by atoms with van der Waals surface area (Å²) in [6.07, 6.45) is 1.75. The molecule has 34 heavy (non-hydrogen) atoms. The molecule has 0 aliphatic carbocycles. The normalized spacial score (nSPS) is 30.0. The summed E-state index contributed by atoms with van der Waals surface area (Å²) >= 11 is 0. The standard InChI is InChI=1S/C28H25N3O3/c1-2-29-21-11-6-5-10-20(21)28(27(29)34)24-23(22-12-7-15-30(22)28)25(32)31(26(24)33)19-14-13-17-8-3-4-9-18(17)16-19/h3-6,8-11,13-14,16,22-24H,2,7,12,15H2,1H3/t22-,23-,24-,28-/m0/s1. The van der Waals surface area contributed by atoms with Crippen LogP contribution in [0.4, 0.5) is 11.4 Å². The van der Waals surface area contributed by atoms with Crippen LogP contribution in [0.1, 0.15) is 25.3 Å². The van der Waals surface area contributed by atoms with E-state index >= 15 is 0 Å². The Hall–Kier alpha value is -3.51. The van der Waals surface area contributed by atoms with Gasteiger partial charge in [-0.3, -0.25) is 19.3 Å². The predicted molar refractivity (Wildman–Crippen MR) is 129 cm³/mol. The van der Waals surface area contributed by atoms with Gasteiger partial charge in [-0.25, -0.2) is 4.90 Å². The van der Waals surface area contributed by atoms with E-state index in [9.17, 15) is 14.4 Å². The quantitative estimate of drug-likeness (QED) is 0.558. The number of nitrogens with zero attached hydrogens (tertiary/aromatic N) is 3. The lowest BCUT2D eigenvalue weighted by Crippen LogP contribution is -2.56. The second kappa shape index (κ2) is 6.76. The van der Waals surface area contributed by atoms with E-state index in [2.05, 4.69) is 4.90 Å². The number of para-hydroxylation sites is 1. The molecule has 3 saturated heterocycles. The fraction of sp³-hybridized carbons (Fsp3) is 0.321. The minimum Gasteiger partial charge on any atom is -0.310 e. The van der Waals surface area contributed by atoms with Crippen molar-refractivity contribution in [2.45, 2.75) is 31.3 Å². The number of anilines is 2. The van der Waals surface area contributed by atoms with Crippen LogP contribution in [0.5, 0.6) is 0 Å². The number of amides is 3. The first kappa shape index (κ1) is 19.9. The van der Waals surface area contributed by atoms with Crippen LogP contribution in [0.2, 0.25) is 0 Å². The van der Waals surface area contributed by atoms with Gasteiger partial charge in [-0.15, -0.1) is 0 Å². The molecule has 6 nitrogen and oxygen atoms in total. The molecule has 3 aromatic rings. The summed E-state index contributed by atoms with van der Waals surface area (Å²) in [5.74, 6) is -1.69. The summed E-state index contributed by atoms with van der Waals surface area (Å²) in [6, 6.07) is 21.4. The molecule has 7 rings (SSSR count). The third kappa shape index (κ3) is 2.18. The molecule has 3 fully saturated rings. The number of fused-ring (bicyclic) bond motifs is 8. The second-order valence-electron chi connectivity index (χ2n) is 9.78. The van der Waals surface area contributed by atoms with Gasteiger partial charge in [0.1, 0.15) is 5.54 Å². The number of hydrogen-bond donors (Lipinski definition) is 0. The minimum absolute atomic E-state index is 0.0582. The van der Waals surface area contributed by atoms with Crippen molar-refractivity contribution in [3.8, 4) is 0 Å². The Morgan fingerprint density at radius 2 is 1.68 bits per heavy atom. The highest BCUT2D eigenvalue weighted by Crippen LogP contribution is 2.61. The van der Waals surface area contributed by atoms with Gasteiger partial charge in [0.2, 0.25) is 11.8 Å². The van der Waals surface area contributed by atoms with E-state index in [0.717, 1.165) is 41.4 Å². The first-order valence-electron chi connectivity index (χ1n) is 12.1. The average molecular weight is 452 g/mol. The Balaban J connectivity index is 1.42. The van der Waals surface area contributed by atoms with Crippen LogP contribution >= 0.6 is 0 Å². The van der Waals surface area contributed by atoms with E-state index in [1.165, 1.54) is 4.90 Å². The molecule has 0 radical (unpaired) electrons. The molecular formula is C28H25N3O3. The Bertz CT molecular complexity index is 1400. The van der Waals surface area contributed by atoms with Gasteiger partial charge in [0.25, 0.3) is 5.91 Å². The van der Waals surface area contributed by atoms with Crippen molar-refractivity contribution in [3.63, 3.8) is 0 Å². The first-order chi connectivity index (χ1) is 16.6. The zero-order chi connectivity index (χ0) is 23.2. The van der Waals surface area contributed by atoms with Crippen molar-refractivity contribution >= 4 is 39.9 Å². The summed E-state index contributed by atoms with van der Waals surface area (Å²) in [6.45, 7) is 3.22. The van der Waals surface area contributed by atoms with Gasteiger partial charge in [0.15, 0.2) is 0 Å². The monoisotopic (exact) mass is 451 g/mol. The molecule has 4 heterocycles. The topological polar surface area (TPSA) is 60.9 Å². The van der Waals surface area contributed by atoms with Gasteiger partial charge in [0.05, 0.1) is 17.5 Å². The highest BCUT2D eigenvalue weighted by atomic mass is 16.2. The zero-order valence-corrected chi connectivity index (χ0v) is 19.0. The maximum atomic E-state index is 14.2. The summed E-state index contributed by atoms with van der Waals surface area (Å²) in [5, 5.41) is 2.04. The van der Waals surface area contributed by atoms with E-state index in [-0.39, 0.29) is 23.8 Å². The van der Waals surface area contributed by atoms with Gasteiger partial charge in [-0.05, 0) is 55.3 Å². The molecule has 0 aromatic heterocycles. The molecule has 4 aliphatic heterocycles. The molecule has 170 valence electrons. The molecule has 0 N–H and O–H groups in total. The molecule has 4 atom stereocenters. The van der Waals surface area contributed by atoms with Crippen molar-refractivity contribution in [2.24, 2.45) is 11.8 Å². The van der Waals surface area contributed by atoms with Crippen LogP contribution in [0.25, 0.3) is 10.8 Å². The highest BCUT2D eigenvalue weighted by Gasteiger charge is 2.75. The lowest BCUT2D eigenvalue weighted by molar-refractivity contribution is -0.137. The smallest absolute Gasteiger partial charge is 0.253 e. The zero-order valence-electron chi connectivity index (χ0n) is 19.0. The van der Waals surface area contributed by atoms with Crippen LogP contribution in [0.3, 0.4) is 0 Å². The van der Waals surface area contributed by atoms with Crippen LogP contribution in [0.15, 0.2) is 66.7 Å². The summed E-state index contributed by atoms with van der Waals surface area (Å²) in [7, 11) is 0. The van der Waals surface area contributed by atoms with Crippen molar-refractivity contribution in [1.82, 2.24) is 4.90 Å². The second-order valence-corrected chi connectivity index (χ2v) is 9.78. The lowest BCUT2D eigenvalue weighted by Gasteiger charge is -2.37. The van der Waals surface area contributed by atoms with Crippen molar-refractivity contribution < 1.29 is 14.4 Å². The molecule has 6 heteroatoms. The van der Waals surface area contributed by atoms with Gasteiger partial charge < -0.3 is 4.90 Å². The van der Waals surface area contributed by atoms with E-state index in [1.807, 2.05) is 73.7 Å². The summed E-state index contributed by atoms with van der Waals surface area (Å²) in [4.78, 5) is 47.7. The van der Waals surface area contributed by atoms with Gasteiger partial charge in [0, 0.05) is 23.8 Å². The van der Waals surface area contributed by atoms with Crippen molar-refractivity contribution in [2.75, 3.05) is 22.9 Å². The molecular weight excluding hydrogens is 426 g/mol. The number of hydrogen-bond acceptors (Lipinski definition) is 4. The fourth-order valence-electron chi connectivity index (χ4n) is 7.22. The number of likely N-dealkylation sites (N-methyl/N-ethyl adjacent to an activating group) is 1. The van der Waals surface area contributed by atoms with Gasteiger partial charge in [-0.1, -0.05) is 48.5 Å². The predicted octanol–water partition coefficient (Wildman–Crippen LogP) is 3.69. The number of carbonyl (C=O) groups is 3. The molecule has 3 aromatic carbocycles. The summed E-state index contributed by atoms with van der Waals surface area (Å²) in [5.41, 5.74) is 1.24. The molecule has 0 bridgehead atoms. The fourth-order valence-corrected chi connectivity index (χ4v) is 7.22. The number of benzene rings is 3. The van der Waals surface area contributed by atoms with Crippen LogP contribution in [-0.2, 0) is 19.9 Å². The largest absolute Gasteiger partial charge is 0.310 e. The van der Waals surface area contributed by atoms with Crippen LogP contribution in [0, 0.1) is 11.8 Å². The molecule has 1 spiro atoms. The Morgan fingerprint density at radius 1 is 0.912 bits per heavy atom. The van der Waals surface area contributed by atoms with Gasteiger partial charge >= 0.3 is 0 Å². The molecule has 0 unspecified atom stereocenters. The maximum absolute atomic E-state index is 14.2. The van der Waals surface area contributed by atoms with E-state index < -0.39 is 17.4 Å². The van der Waals surface area contributed by atoms with E-state index in [4.69, 9.17) is 0 Å². The van der Waals surface area contributed by atoms with Gasteiger partial charge in [-0.2, -0.15) is 0 Å². The minimum atomic E-state index is -1.10. The Kier molecular flexibility index (Phi) is 3.96. The van der Waals surface area contributed by atoms with E-state index in [1.54, 1.807) is 4.90 Å². The van der Waals surface area contributed by atoms with Crippen molar-refractivity contribution in [3.05, 3.63) is 72.3 Å².